The second kappa shape index (κ2) is 7.10. The molecule has 1 aromatic heterocycles. The second-order valence-corrected chi connectivity index (χ2v) is 5.21. The van der Waals surface area contributed by atoms with E-state index in [9.17, 15) is 0 Å². The van der Waals surface area contributed by atoms with Crippen LogP contribution in [-0.2, 0) is 6.54 Å². The van der Waals surface area contributed by atoms with Crippen molar-refractivity contribution >= 4 is 5.82 Å². The van der Waals surface area contributed by atoms with Crippen LogP contribution in [0.1, 0.15) is 38.2 Å². The van der Waals surface area contributed by atoms with Crippen molar-refractivity contribution in [3.05, 3.63) is 23.9 Å². The minimum absolute atomic E-state index is 0.233. The first-order valence-electron chi connectivity index (χ1n) is 7.10. The molecule has 0 spiro atoms. The van der Waals surface area contributed by atoms with Gasteiger partial charge in [0.05, 0.1) is 12.5 Å². The topological polar surface area (TPSA) is 52.0 Å². The van der Waals surface area contributed by atoms with Crippen LogP contribution in [0.3, 0.4) is 0 Å². The van der Waals surface area contributed by atoms with Gasteiger partial charge in [-0.15, -0.1) is 0 Å². The van der Waals surface area contributed by atoms with Crippen LogP contribution >= 0.6 is 0 Å². The van der Waals surface area contributed by atoms with E-state index in [1.54, 1.807) is 0 Å². The summed E-state index contributed by atoms with van der Waals surface area (Å²) in [6.07, 6.45) is 6.30. The molecule has 2 heterocycles. The van der Waals surface area contributed by atoms with E-state index in [0.29, 0.717) is 6.42 Å². The Morgan fingerprint density at radius 3 is 2.95 bits per heavy atom. The summed E-state index contributed by atoms with van der Waals surface area (Å²) in [7, 11) is 0. The Bertz CT molecular complexity index is 432. The lowest BCUT2D eigenvalue weighted by atomic mass is 10.1. The molecule has 0 bridgehead atoms. The third kappa shape index (κ3) is 4.22. The highest BCUT2D eigenvalue weighted by molar-refractivity contribution is 5.41. The molecule has 4 nitrogen and oxygen atoms in total. The van der Waals surface area contributed by atoms with Crippen molar-refractivity contribution in [1.29, 1.82) is 5.26 Å². The summed E-state index contributed by atoms with van der Waals surface area (Å²) in [6.45, 7) is 5.07. The van der Waals surface area contributed by atoms with Gasteiger partial charge in [0, 0.05) is 31.9 Å². The van der Waals surface area contributed by atoms with E-state index in [-0.39, 0.29) is 6.04 Å². The molecule has 0 radical (unpaired) electrons. The van der Waals surface area contributed by atoms with Crippen LogP contribution in [0, 0.1) is 11.3 Å². The first-order chi connectivity index (χ1) is 9.29. The summed E-state index contributed by atoms with van der Waals surface area (Å²) in [5.74, 6) is 1.09. The lowest BCUT2D eigenvalue weighted by Gasteiger charge is -2.28. The Morgan fingerprint density at radius 1 is 1.42 bits per heavy atom. The Labute approximate surface area is 115 Å². The summed E-state index contributed by atoms with van der Waals surface area (Å²) in [5.41, 5.74) is 1.24. The number of rotatable bonds is 5. The summed E-state index contributed by atoms with van der Waals surface area (Å²) >= 11 is 0. The van der Waals surface area contributed by atoms with E-state index in [4.69, 9.17) is 5.26 Å². The van der Waals surface area contributed by atoms with Crippen LogP contribution in [0.5, 0.6) is 0 Å². The predicted molar refractivity (Wildman–Crippen MR) is 76.8 cm³/mol. The molecule has 1 fully saturated rings. The molecule has 1 aromatic rings. The molecule has 1 atom stereocenters. The molecule has 102 valence electrons. The molecule has 1 aliphatic rings. The Hall–Kier alpha value is -1.60. The minimum Gasteiger partial charge on any atom is -0.357 e. The fourth-order valence-electron chi connectivity index (χ4n) is 2.37. The van der Waals surface area contributed by atoms with Crippen LogP contribution < -0.4 is 10.2 Å². The van der Waals surface area contributed by atoms with Crippen molar-refractivity contribution in [2.75, 3.05) is 18.0 Å². The number of piperidine rings is 1. The fourth-order valence-corrected chi connectivity index (χ4v) is 2.37. The monoisotopic (exact) mass is 258 g/mol. The maximum Gasteiger partial charge on any atom is 0.128 e. The maximum absolute atomic E-state index is 8.64. The maximum atomic E-state index is 8.64. The van der Waals surface area contributed by atoms with Crippen molar-refractivity contribution in [2.45, 2.75) is 45.2 Å². The van der Waals surface area contributed by atoms with Crippen molar-refractivity contribution in [1.82, 2.24) is 10.3 Å². The number of aromatic nitrogens is 1. The van der Waals surface area contributed by atoms with Crippen molar-refractivity contribution in [3.63, 3.8) is 0 Å². The lowest BCUT2D eigenvalue weighted by Crippen LogP contribution is -2.30. The molecule has 0 aliphatic carbocycles. The Morgan fingerprint density at radius 2 is 2.21 bits per heavy atom. The zero-order chi connectivity index (χ0) is 13.5. The van der Waals surface area contributed by atoms with E-state index in [1.807, 2.05) is 19.2 Å². The summed E-state index contributed by atoms with van der Waals surface area (Å²) in [6, 6.07) is 6.62. The molecule has 4 heteroatoms. The number of hydrogen-bond donors (Lipinski definition) is 1. The third-order valence-electron chi connectivity index (χ3n) is 3.54. The average Bonchev–Trinajstić information content (AvgIpc) is 2.47. The normalized spacial score (nSPS) is 16.9. The predicted octanol–water partition coefficient (Wildman–Crippen LogP) is 2.46. The smallest absolute Gasteiger partial charge is 0.128 e. The van der Waals surface area contributed by atoms with Gasteiger partial charge in [-0.25, -0.2) is 4.98 Å². The van der Waals surface area contributed by atoms with Gasteiger partial charge in [-0.05, 0) is 43.9 Å². The van der Waals surface area contributed by atoms with Gasteiger partial charge in [-0.2, -0.15) is 5.26 Å². The van der Waals surface area contributed by atoms with Gasteiger partial charge < -0.3 is 10.2 Å². The van der Waals surface area contributed by atoms with Crippen LogP contribution in [0.25, 0.3) is 0 Å². The van der Waals surface area contributed by atoms with Gasteiger partial charge in [0.15, 0.2) is 0 Å². The first kappa shape index (κ1) is 13.8. The van der Waals surface area contributed by atoms with Gasteiger partial charge in [0.1, 0.15) is 5.82 Å². The molecule has 0 amide bonds. The van der Waals surface area contributed by atoms with Crippen molar-refractivity contribution in [3.8, 4) is 6.07 Å². The highest BCUT2D eigenvalue weighted by Crippen LogP contribution is 2.18. The van der Waals surface area contributed by atoms with Gasteiger partial charge in [0.25, 0.3) is 0 Å². The zero-order valence-corrected chi connectivity index (χ0v) is 11.6. The number of nitriles is 1. The van der Waals surface area contributed by atoms with Crippen LogP contribution in [-0.4, -0.2) is 24.1 Å². The van der Waals surface area contributed by atoms with E-state index >= 15 is 0 Å². The molecule has 0 aromatic carbocycles. The molecule has 1 unspecified atom stereocenters. The molecule has 2 rings (SSSR count). The number of hydrogen-bond acceptors (Lipinski definition) is 4. The third-order valence-corrected chi connectivity index (χ3v) is 3.54. The van der Waals surface area contributed by atoms with Crippen molar-refractivity contribution in [2.24, 2.45) is 0 Å². The highest BCUT2D eigenvalue weighted by Gasteiger charge is 2.12. The number of pyridine rings is 1. The van der Waals surface area contributed by atoms with Crippen LogP contribution in [0.2, 0.25) is 0 Å². The van der Waals surface area contributed by atoms with E-state index in [0.717, 1.165) is 25.5 Å². The molecular formula is C15H22N4. The minimum atomic E-state index is 0.233. The molecule has 0 saturated carbocycles. The van der Waals surface area contributed by atoms with E-state index in [1.165, 1.54) is 24.8 Å². The highest BCUT2D eigenvalue weighted by atomic mass is 15.2. The number of nitrogens with one attached hydrogen (secondary N) is 1. The Balaban J connectivity index is 1.93. The van der Waals surface area contributed by atoms with Gasteiger partial charge >= 0.3 is 0 Å². The van der Waals surface area contributed by atoms with Crippen molar-refractivity contribution < 1.29 is 0 Å². The first-order valence-corrected chi connectivity index (χ1v) is 7.10. The second-order valence-electron chi connectivity index (χ2n) is 5.21. The van der Waals surface area contributed by atoms with Gasteiger partial charge in [-0.3, -0.25) is 0 Å². The molecule has 1 saturated heterocycles. The number of anilines is 1. The SMILES string of the molecule is CC(CC#N)NCc1ccnc(N2CCCCC2)c1. The zero-order valence-electron chi connectivity index (χ0n) is 11.6. The number of nitrogens with zero attached hydrogens (tertiary/aromatic N) is 3. The fraction of sp³-hybridized carbons (Fsp3) is 0.600. The summed E-state index contributed by atoms with van der Waals surface area (Å²) in [4.78, 5) is 6.84. The lowest BCUT2D eigenvalue weighted by molar-refractivity contribution is 0.555. The molecule has 19 heavy (non-hydrogen) atoms. The largest absolute Gasteiger partial charge is 0.357 e. The van der Waals surface area contributed by atoms with Crippen LogP contribution in [0.4, 0.5) is 5.82 Å². The molecule has 1 N–H and O–H groups in total. The van der Waals surface area contributed by atoms with Crippen LogP contribution in [0.15, 0.2) is 18.3 Å². The standard InChI is InChI=1S/C15H22N4/c1-13(5-7-16)18-12-14-6-8-17-15(11-14)19-9-3-2-4-10-19/h6,8,11,13,18H,2-5,9-10,12H2,1H3. The van der Waals surface area contributed by atoms with Gasteiger partial charge in [0.2, 0.25) is 0 Å². The summed E-state index contributed by atoms with van der Waals surface area (Å²) < 4.78 is 0. The molecule has 1 aliphatic heterocycles. The Kier molecular flexibility index (Phi) is 5.17. The summed E-state index contributed by atoms with van der Waals surface area (Å²) in [5, 5.41) is 12.0. The quantitative estimate of drug-likeness (QED) is 0.881. The average molecular weight is 258 g/mol. The molecular weight excluding hydrogens is 236 g/mol. The van der Waals surface area contributed by atoms with E-state index < -0.39 is 0 Å². The van der Waals surface area contributed by atoms with E-state index in [2.05, 4.69) is 27.3 Å². The van der Waals surface area contributed by atoms with Gasteiger partial charge in [-0.1, -0.05) is 0 Å².